The van der Waals surface area contributed by atoms with Crippen molar-refractivity contribution in [2.45, 2.75) is 19.6 Å². The van der Waals surface area contributed by atoms with Gasteiger partial charge in [-0.25, -0.2) is 4.79 Å². The van der Waals surface area contributed by atoms with E-state index in [2.05, 4.69) is 10.00 Å². The van der Waals surface area contributed by atoms with Gasteiger partial charge in [0.2, 0.25) is 0 Å². The molecule has 27 heavy (non-hydrogen) atoms. The Morgan fingerprint density at radius 3 is 2.41 bits per heavy atom. The monoisotopic (exact) mass is 378 g/mol. The Balaban J connectivity index is 1.39. The van der Waals surface area contributed by atoms with Gasteiger partial charge in [0, 0.05) is 38.9 Å². The summed E-state index contributed by atoms with van der Waals surface area (Å²) in [4.78, 5) is 16.4. The summed E-state index contributed by atoms with van der Waals surface area (Å²) in [5.41, 5.74) is 0.676. The quantitative estimate of drug-likeness (QED) is 0.806. The first kappa shape index (κ1) is 18.0. The van der Waals surface area contributed by atoms with Gasteiger partial charge in [-0.05, 0) is 36.0 Å². The van der Waals surface area contributed by atoms with Gasteiger partial charge in [-0.15, -0.1) is 0 Å². The standard InChI is InChI=1S/C19H21F3N4O/c1-13-6-23-26(7-13)18(27)25-11-15-9-24(10-16(15)12-25)8-14-4-2-3-5-17(14)19(20,21)22/h2-7,15-16H,8-12H2,1H3. The number of aryl methyl sites for hydroxylation is 1. The highest BCUT2D eigenvalue weighted by atomic mass is 19.4. The summed E-state index contributed by atoms with van der Waals surface area (Å²) in [5.74, 6) is 0.590. The molecule has 144 valence electrons. The van der Waals surface area contributed by atoms with Crippen molar-refractivity contribution in [3.63, 3.8) is 0 Å². The number of halogens is 3. The number of alkyl halides is 3. The zero-order valence-corrected chi connectivity index (χ0v) is 15.0. The number of nitrogens with zero attached hydrogens (tertiary/aromatic N) is 4. The van der Waals surface area contributed by atoms with Gasteiger partial charge in [-0.1, -0.05) is 18.2 Å². The highest BCUT2D eigenvalue weighted by molar-refractivity contribution is 5.76. The van der Waals surface area contributed by atoms with Gasteiger partial charge in [-0.2, -0.15) is 23.0 Å². The summed E-state index contributed by atoms with van der Waals surface area (Å²) in [6.45, 7) is 4.83. The molecule has 0 radical (unpaired) electrons. The van der Waals surface area contributed by atoms with Crippen molar-refractivity contribution in [1.82, 2.24) is 19.6 Å². The summed E-state index contributed by atoms with van der Waals surface area (Å²) >= 11 is 0. The van der Waals surface area contributed by atoms with Crippen LogP contribution in [0.5, 0.6) is 0 Å². The topological polar surface area (TPSA) is 41.4 Å². The molecule has 2 saturated heterocycles. The highest BCUT2D eigenvalue weighted by Crippen LogP contribution is 2.35. The number of carbonyl (C=O) groups is 1. The van der Waals surface area contributed by atoms with E-state index in [0.717, 1.165) is 11.6 Å². The molecule has 0 aliphatic carbocycles. The van der Waals surface area contributed by atoms with Crippen LogP contribution in [0.4, 0.5) is 18.0 Å². The molecule has 0 spiro atoms. The van der Waals surface area contributed by atoms with Crippen LogP contribution in [0.3, 0.4) is 0 Å². The molecule has 3 heterocycles. The third kappa shape index (κ3) is 3.58. The van der Waals surface area contributed by atoms with E-state index in [1.54, 1.807) is 29.4 Å². The van der Waals surface area contributed by atoms with Crippen LogP contribution in [0.15, 0.2) is 36.7 Å². The van der Waals surface area contributed by atoms with Gasteiger partial charge in [0.25, 0.3) is 0 Å². The van der Waals surface area contributed by atoms with Crippen LogP contribution in [0.1, 0.15) is 16.7 Å². The molecule has 2 aromatic rings. The fourth-order valence-corrected chi connectivity index (χ4v) is 4.21. The van der Waals surface area contributed by atoms with Crippen LogP contribution in [-0.2, 0) is 12.7 Å². The Morgan fingerprint density at radius 2 is 1.81 bits per heavy atom. The second-order valence-corrected chi connectivity index (χ2v) is 7.52. The number of hydrogen-bond donors (Lipinski definition) is 0. The zero-order valence-electron chi connectivity index (χ0n) is 15.0. The molecule has 1 amide bonds. The highest BCUT2D eigenvalue weighted by Gasteiger charge is 2.42. The van der Waals surface area contributed by atoms with E-state index in [4.69, 9.17) is 0 Å². The van der Waals surface area contributed by atoms with Gasteiger partial charge in [0.05, 0.1) is 11.8 Å². The molecule has 1 aromatic carbocycles. The van der Waals surface area contributed by atoms with Crippen LogP contribution in [0.25, 0.3) is 0 Å². The van der Waals surface area contributed by atoms with E-state index >= 15 is 0 Å². The maximum absolute atomic E-state index is 13.2. The molecule has 2 aliphatic rings. The molecule has 4 rings (SSSR count). The third-order valence-corrected chi connectivity index (χ3v) is 5.46. The molecule has 8 heteroatoms. The number of amides is 1. The van der Waals surface area contributed by atoms with Gasteiger partial charge in [0.1, 0.15) is 0 Å². The molecule has 0 bridgehead atoms. The molecule has 2 fully saturated rings. The molecular formula is C19H21F3N4O. The summed E-state index contributed by atoms with van der Waals surface area (Å²) in [5, 5.41) is 4.07. The van der Waals surface area contributed by atoms with E-state index in [1.165, 1.54) is 10.7 Å². The fraction of sp³-hybridized carbons (Fsp3) is 0.474. The predicted octanol–water partition coefficient (Wildman–Crippen LogP) is 3.24. The van der Waals surface area contributed by atoms with Crippen LogP contribution in [0, 0.1) is 18.8 Å². The summed E-state index contributed by atoms with van der Waals surface area (Å²) in [7, 11) is 0. The predicted molar refractivity (Wildman–Crippen MR) is 93.0 cm³/mol. The number of fused-ring (bicyclic) bond motifs is 1. The normalized spacial score (nSPS) is 23.0. The fourth-order valence-electron chi connectivity index (χ4n) is 4.21. The van der Waals surface area contributed by atoms with Crippen molar-refractivity contribution in [2.24, 2.45) is 11.8 Å². The second-order valence-electron chi connectivity index (χ2n) is 7.52. The molecule has 0 saturated carbocycles. The molecule has 2 atom stereocenters. The number of rotatable bonds is 2. The first-order valence-electron chi connectivity index (χ1n) is 8.99. The van der Waals surface area contributed by atoms with Crippen LogP contribution in [0.2, 0.25) is 0 Å². The molecule has 1 aromatic heterocycles. The first-order valence-corrected chi connectivity index (χ1v) is 8.99. The molecule has 5 nitrogen and oxygen atoms in total. The van der Waals surface area contributed by atoms with Crippen LogP contribution < -0.4 is 0 Å². The number of aromatic nitrogens is 2. The zero-order chi connectivity index (χ0) is 19.2. The maximum Gasteiger partial charge on any atom is 0.416 e. The molecular weight excluding hydrogens is 357 g/mol. The van der Waals surface area contributed by atoms with Crippen molar-refractivity contribution in [2.75, 3.05) is 26.2 Å². The van der Waals surface area contributed by atoms with Crippen molar-refractivity contribution < 1.29 is 18.0 Å². The van der Waals surface area contributed by atoms with E-state index in [0.29, 0.717) is 43.6 Å². The van der Waals surface area contributed by atoms with Gasteiger partial charge < -0.3 is 4.90 Å². The number of benzene rings is 1. The largest absolute Gasteiger partial charge is 0.416 e. The lowest BCUT2D eigenvalue weighted by Crippen LogP contribution is -2.36. The molecule has 2 aliphatic heterocycles. The van der Waals surface area contributed by atoms with Gasteiger partial charge in [-0.3, -0.25) is 4.90 Å². The summed E-state index contributed by atoms with van der Waals surface area (Å²) < 4.78 is 40.9. The third-order valence-electron chi connectivity index (χ3n) is 5.46. The van der Waals surface area contributed by atoms with Crippen molar-refractivity contribution in [3.05, 3.63) is 53.3 Å². The minimum absolute atomic E-state index is 0.133. The van der Waals surface area contributed by atoms with Gasteiger partial charge in [0.15, 0.2) is 0 Å². The average molecular weight is 378 g/mol. The lowest BCUT2D eigenvalue weighted by atomic mass is 10.0. The smallest absolute Gasteiger partial charge is 0.322 e. The SMILES string of the molecule is Cc1cnn(C(=O)N2CC3CN(Cc4ccccc4C(F)(F)F)CC3C2)c1. The van der Waals surface area contributed by atoms with Crippen LogP contribution >= 0.6 is 0 Å². The summed E-state index contributed by atoms with van der Waals surface area (Å²) in [6.07, 6.45) is -0.983. The van der Waals surface area contributed by atoms with E-state index in [-0.39, 0.29) is 12.6 Å². The van der Waals surface area contributed by atoms with Crippen molar-refractivity contribution in [3.8, 4) is 0 Å². The lowest BCUT2D eigenvalue weighted by Gasteiger charge is -2.22. The Bertz CT molecular complexity index is 833. The average Bonchev–Trinajstić information content (AvgIpc) is 3.28. The van der Waals surface area contributed by atoms with Gasteiger partial charge >= 0.3 is 12.2 Å². The Hall–Kier alpha value is -2.35. The number of carbonyl (C=O) groups excluding carboxylic acids is 1. The Morgan fingerprint density at radius 1 is 1.15 bits per heavy atom. The minimum Gasteiger partial charge on any atom is -0.322 e. The number of likely N-dealkylation sites (tertiary alicyclic amines) is 2. The van der Waals surface area contributed by atoms with Crippen LogP contribution in [-0.4, -0.2) is 51.8 Å². The molecule has 0 N–H and O–H groups in total. The Kier molecular flexibility index (Phi) is 4.46. The maximum atomic E-state index is 13.2. The van der Waals surface area contributed by atoms with Crippen molar-refractivity contribution >= 4 is 6.03 Å². The Labute approximate surface area is 155 Å². The van der Waals surface area contributed by atoms with Crippen molar-refractivity contribution in [1.29, 1.82) is 0 Å². The number of hydrogen-bond acceptors (Lipinski definition) is 3. The van der Waals surface area contributed by atoms with E-state index < -0.39 is 11.7 Å². The van der Waals surface area contributed by atoms with E-state index in [9.17, 15) is 18.0 Å². The molecule has 2 unspecified atom stereocenters. The lowest BCUT2D eigenvalue weighted by molar-refractivity contribution is -0.138. The first-order chi connectivity index (χ1) is 12.8. The summed E-state index contributed by atoms with van der Waals surface area (Å²) in [6, 6.07) is 5.62. The minimum atomic E-state index is -4.34. The second kappa shape index (κ2) is 6.67. The van der Waals surface area contributed by atoms with E-state index in [1.807, 2.05) is 6.92 Å².